The van der Waals surface area contributed by atoms with Crippen molar-refractivity contribution in [3.05, 3.63) is 57.8 Å². The van der Waals surface area contributed by atoms with Crippen molar-refractivity contribution in [1.29, 1.82) is 0 Å². The minimum absolute atomic E-state index is 0.0289. The smallest absolute Gasteiger partial charge is 0.238 e. The molecule has 0 saturated heterocycles. The van der Waals surface area contributed by atoms with Crippen LogP contribution in [0.1, 0.15) is 18.1 Å². The van der Waals surface area contributed by atoms with Gasteiger partial charge in [0.05, 0.1) is 17.8 Å². The van der Waals surface area contributed by atoms with Gasteiger partial charge in [-0.3, -0.25) is 9.59 Å². The number of fused-ring (bicyclic) bond motifs is 1. The lowest BCUT2D eigenvalue weighted by molar-refractivity contribution is -0.125. The van der Waals surface area contributed by atoms with Crippen LogP contribution < -0.4 is 10.2 Å². The third-order valence-corrected chi connectivity index (χ3v) is 4.39. The van der Waals surface area contributed by atoms with Gasteiger partial charge in [0.1, 0.15) is 5.82 Å². The molecule has 1 N–H and O–H groups in total. The zero-order chi connectivity index (χ0) is 17.3. The lowest BCUT2D eigenvalue weighted by atomic mass is 10.1. The second-order valence-corrected chi connectivity index (χ2v) is 6.60. The minimum atomic E-state index is -0.358. The number of hydrogen-bond donors (Lipinski definition) is 1. The van der Waals surface area contributed by atoms with E-state index in [-0.39, 0.29) is 24.1 Å². The summed E-state index contributed by atoms with van der Waals surface area (Å²) in [5.41, 5.74) is 3.10. The molecule has 2 aromatic rings. The van der Waals surface area contributed by atoms with E-state index in [1.54, 1.807) is 18.2 Å². The number of imide groups is 1. The van der Waals surface area contributed by atoms with E-state index in [1.165, 1.54) is 24.0 Å². The van der Waals surface area contributed by atoms with Crippen molar-refractivity contribution in [2.75, 3.05) is 16.8 Å². The monoisotopic (exact) mass is 390 g/mol. The molecule has 4 nitrogen and oxygen atoms in total. The highest BCUT2D eigenvalue weighted by atomic mass is 79.9. The maximum absolute atomic E-state index is 13.0. The number of hydrogen-bond acceptors (Lipinski definition) is 3. The van der Waals surface area contributed by atoms with Gasteiger partial charge in [0, 0.05) is 17.9 Å². The Morgan fingerprint density at radius 3 is 2.62 bits per heavy atom. The lowest BCUT2D eigenvalue weighted by Gasteiger charge is -2.22. The zero-order valence-corrected chi connectivity index (χ0v) is 14.7. The van der Waals surface area contributed by atoms with E-state index in [1.807, 2.05) is 6.07 Å². The number of benzene rings is 2. The quantitative estimate of drug-likeness (QED) is 0.869. The molecule has 3 rings (SSSR count). The molecule has 2 aromatic carbocycles. The summed E-state index contributed by atoms with van der Waals surface area (Å²) >= 11 is 3.44. The Morgan fingerprint density at radius 1 is 1.25 bits per heavy atom. The molecule has 1 aliphatic heterocycles. The van der Waals surface area contributed by atoms with E-state index in [4.69, 9.17) is 0 Å². The van der Waals surface area contributed by atoms with Crippen LogP contribution in [0.15, 0.2) is 40.9 Å². The Labute approximate surface area is 147 Å². The highest BCUT2D eigenvalue weighted by Gasteiger charge is 2.26. The molecule has 0 saturated carbocycles. The second kappa shape index (κ2) is 6.73. The average molecular weight is 391 g/mol. The van der Waals surface area contributed by atoms with E-state index in [0.29, 0.717) is 11.3 Å². The second-order valence-electron chi connectivity index (χ2n) is 5.69. The Kier molecular flexibility index (Phi) is 4.66. The first-order valence-electron chi connectivity index (χ1n) is 7.60. The van der Waals surface area contributed by atoms with Crippen LogP contribution in [0.2, 0.25) is 0 Å². The number of rotatable bonds is 3. The molecule has 0 spiro atoms. The van der Waals surface area contributed by atoms with Crippen LogP contribution in [0.25, 0.3) is 0 Å². The van der Waals surface area contributed by atoms with Crippen LogP contribution in [-0.4, -0.2) is 18.4 Å². The molecule has 1 aliphatic rings. The van der Waals surface area contributed by atoms with E-state index < -0.39 is 0 Å². The van der Waals surface area contributed by atoms with Gasteiger partial charge in [-0.2, -0.15) is 0 Å². The van der Waals surface area contributed by atoms with Crippen molar-refractivity contribution in [3.63, 3.8) is 0 Å². The van der Waals surface area contributed by atoms with Crippen LogP contribution in [0.5, 0.6) is 0 Å². The van der Waals surface area contributed by atoms with Crippen molar-refractivity contribution in [3.8, 4) is 0 Å². The predicted octanol–water partition coefficient (Wildman–Crippen LogP) is 3.68. The van der Waals surface area contributed by atoms with Gasteiger partial charge in [-0.25, -0.2) is 9.29 Å². The van der Waals surface area contributed by atoms with Crippen molar-refractivity contribution in [2.24, 2.45) is 0 Å². The maximum Gasteiger partial charge on any atom is 0.238 e. The van der Waals surface area contributed by atoms with Crippen LogP contribution in [0.3, 0.4) is 0 Å². The molecule has 0 fully saturated rings. The largest absolute Gasteiger partial charge is 0.383 e. The van der Waals surface area contributed by atoms with Gasteiger partial charge >= 0.3 is 0 Å². The first-order valence-corrected chi connectivity index (χ1v) is 8.39. The van der Waals surface area contributed by atoms with E-state index in [9.17, 15) is 14.0 Å². The molecule has 0 aromatic heterocycles. The summed E-state index contributed by atoms with van der Waals surface area (Å²) < 4.78 is 13.8. The molecule has 0 aliphatic carbocycles. The van der Waals surface area contributed by atoms with Gasteiger partial charge in [0.15, 0.2) is 0 Å². The molecule has 6 heteroatoms. The van der Waals surface area contributed by atoms with Gasteiger partial charge in [0.25, 0.3) is 0 Å². The maximum atomic E-state index is 13.0. The lowest BCUT2D eigenvalue weighted by Crippen LogP contribution is -2.36. The molecule has 0 radical (unpaired) electrons. The molecular weight excluding hydrogens is 375 g/mol. The highest BCUT2D eigenvalue weighted by Crippen LogP contribution is 2.37. The summed E-state index contributed by atoms with van der Waals surface area (Å²) in [4.78, 5) is 26.0. The fraction of sp³-hybridized carbons (Fsp3) is 0.222. The summed E-state index contributed by atoms with van der Waals surface area (Å²) in [5.74, 6) is -1.05. The Hall–Kier alpha value is -2.21. The van der Waals surface area contributed by atoms with Crippen LogP contribution >= 0.6 is 15.9 Å². The zero-order valence-electron chi connectivity index (χ0n) is 13.1. The molecule has 0 atom stereocenters. The molecule has 24 heavy (non-hydrogen) atoms. The third kappa shape index (κ3) is 3.33. The van der Waals surface area contributed by atoms with Gasteiger partial charge in [0.2, 0.25) is 11.8 Å². The highest BCUT2D eigenvalue weighted by molar-refractivity contribution is 9.10. The minimum Gasteiger partial charge on any atom is -0.383 e. The summed E-state index contributed by atoms with van der Waals surface area (Å²) in [6, 6.07) is 9.46. The van der Waals surface area contributed by atoms with E-state index in [0.717, 1.165) is 28.7 Å². The fourth-order valence-corrected chi connectivity index (χ4v) is 3.38. The molecule has 1 heterocycles. The van der Waals surface area contributed by atoms with Crippen LogP contribution in [-0.2, 0) is 22.4 Å². The first-order chi connectivity index (χ1) is 11.5. The Bertz CT molecular complexity index is 805. The third-order valence-electron chi connectivity index (χ3n) is 3.93. The predicted molar refractivity (Wildman–Crippen MR) is 94.6 cm³/mol. The molecule has 2 amide bonds. The number of anilines is 2. The number of carbonyl (C=O) groups is 2. The summed E-state index contributed by atoms with van der Waals surface area (Å²) in [6.45, 7) is 2.14. The number of carbonyl (C=O) groups excluding carboxylic acids is 2. The fourth-order valence-electron chi connectivity index (χ4n) is 2.88. The molecule has 0 unspecified atom stereocenters. The van der Waals surface area contributed by atoms with Gasteiger partial charge < -0.3 is 5.32 Å². The average Bonchev–Trinajstić information content (AvgIpc) is 2.97. The Morgan fingerprint density at radius 2 is 1.96 bits per heavy atom. The van der Waals surface area contributed by atoms with Crippen LogP contribution in [0.4, 0.5) is 15.8 Å². The summed E-state index contributed by atoms with van der Waals surface area (Å²) in [7, 11) is 0. The van der Waals surface area contributed by atoms with Gasteiger partial charge in [-0.1, -0.05) is 28.1 Å². The number of halogens is 2. The standard InChI is InChI=1S/C18H16BrFN2O2/c1-11(23)22(17(24)8-12-2-4-15(20)5-3-12)16-10-14(19)9-13-6-7-21-18(13)16/h2-5,9-10,21H,6-8H2,1H3. The van der Waals surface area contributed by atoms with Crippen molar-refractivity contribution in [2.45, 2.75) is 19.8 Å². The van der Waals surface area contributed by atoms with Crippen molar-refractivity contribution < 1.29 is 14.0 Å². The van der Waals surface area contributed by atoms with E-state index >= 15 is 0 Å². The topological polar surface area (TPSA) is 49.4 Å². The summed E-state index contributed by atoms with van der Waals surface area (Å²) in [6.07, 6.45) is 0.876. The van der Waals surface area contributed by atoms with Crippen molar-refractivity contribution >= 4 is 39.1 Å². The normalized spacial score (nSPS) is 12.5. The molecular formula is C18H16BrFN2O2. The van der Waals surface area contributed by atoms with Gasteiger partial charge in [-0.15, -0.1) is 0 Å². The molecule has 124 valence electrons. The van der Waals surface area contributed by atoms with E-state index in [2.05, 4.69) is 21.2 Å². The number of nitrogens with one attached hydrogen (secondary N) is 1. The number of amides is 2. The SMILES string of the molecule is CC(=O)N(C(=O)Cc1ccc(F)cc1)c1cc(Br)cc2c1NCC2. The van der Waals surface area contributed by atoms with Crippen LogP contribution in [0, 0.1) is 5.82 Å². The number of nitrogens with zero attached hydrogens (tertiary/aromatic N) is 1. The Balaban J connectivity index is 1.94. The summed E-state index contributed by atoms with van der Waals surface area (Å²) in [5, 5.41) is 3.24. The van der Waals surface area contributed by atoms with Crippen molar-refractivity contribution in [1.82, 2.24) is 0 Å². The van der Waals surface area contributed by atoms with Gasteiger partial charge in [-0.05, 0) is 41.8 Å². The molecule has 0 bridgehead atoms. The first kappa shape index (κ1) is 16.6.